The number of aromatic nitrogens is 5. The highest BCUT2D eigenvalue weighted by molar-refractivity contribution is 5.68. The van der Waals surface area contributed by atoms with Crippen molar-refractivity contribution < 1.29 is 0 Å². The van der Waals surface area contributed by atoms with E-state index < -0.39 is 0 Å². The molecule has 3 rings (SSSR count). The average molecular weight is 226 g/mol. The molecule has 3 aromatic rings. The topological polar surface area (TPSA) is 82.0 Å². The van der Waals surface area contributed by atoms with Crippen LogP contribution in [-0.4, -0.2) is 24.8 Å². The van der Waals surface area contributed by atoms with Crippen LogP contribution in [0.5, 0.6) is 0 Å². The van der Waals surface area contributed by atoms with Gasteiger partial charge in [0, 0.05) is 12.3 Å². The Morgan fingerprint density at radius 1 is 1.24 bits per heavy atom. The highest BCUT2D eigenvalue weighted by Crippen LogP contribution is 2.20. The van der Waals surface area contributed by atoms with Gasteiger partial charge in [-0.05, 0) is 19.1 Å². The summed E-state index contributed by atoms with van der Waals surface area (Å²) >= 11 is 0. The molecular formula is C11H10N6. The molecule has 6 nitrogen and oxygen atoms in total. The molecule has 3 aromatic heterocycles. The summed E-state index contributed by atoms with van der Waals surface area (Å²) in [6.45, 7) is 1.88. The molecule has 0 aliphatic heterocycles. The molecule has 17 heavy (non-hydrogen) atoms. The summed E-state index contributed by atoms with van der Waals surface area (Å²) in [7, 11) is 0. The second-order valence-corrected chi connectivity index (χ2v) is 3.70. The van der Waals surface area contributed by atoms with Crippen molar-refractivity contribution in [3.05, 3.63) is 36.2 Å². The predicted molar refractivity (Wildman–Crippen MR) is 63.2 cm³/mol. The van der Waals surface area contributed by atoms with E-state index in [1.807, 2.05) is 31.2 Å². The van der Waals surface area contributed by atoms with Gasteiger partial charge in [-0.15, -0.1) is 10.2 Å². The molecule has 0 atom stereocenters. The van der Waals surface area contributed by atoms with Gasteiger partial charge in [-0.1, -0.05) is 6.07 Å². The van der Waals surface area contributed by atoms with E-state index in [0.29, 0.717) is 22.9 Å². The van der Waals surface area contributed by atoms with Crippen molar-refractivity contribution in [1.82, 2.24) is 24.8 Å². The number of fused-ring (bicyclic) bond motifs is 1. The fraction of sp³-hybridized carbons (Fsp3) is 0.0909. The number of nitrogens with zero attached hydrogens (tertiary/aromatic N) is 5. The van der Waals surface area contributed by atoms with Crippen LogP contribution in [0, 0.1) is 6.92 Å². The number of anilines is 1. The summed E-state index contributed by atoms with van der Waals surface area (Å²) in [5.41, 5.74) is 8.74. The van der Waals surface area contributed by atoms with Crippen LogP contribution < -0.4 is 5.73 Å². The molecule has 0 fully saturated rings. The van der Waals surface area contributed by atoms with Crippen LogP contribution in [0.4, 0.5) is 5.82 Å². The number of nitrogen functional groups attached to an aromatic ring is 1. The van der Waals surface area contributed by atoms with Gasteiger partial charge in [-0.2, -0.15) is 9.61 Å². The molecule has 0 saturated carbocycles. The third kappa shape index (κ3) is 1.50. The zero-order valence-corrected chi connectivity index (χ0v) is 9.20. The minimum atomic E-state index is 0.446. The number of pyridine rings is 1. The standard InChI is InChI=1S/C11H10N6/c1-7-6-9-14-15-10(11(12)17(9)16-7)8-4-2-3-5-13-8/h2-6H,12H2,1H3. The molecule has 6 heteroatoms. The van der Waals surface area contributed by atoms with E-state index >= 15 is 0 Å². The van der Waals surface area contributed by atoms with E-state index in [1.54, 1.807) is 10.7 Å². The lowest BCUT2D eigenvalue weighted by Gasteiger charge is -2.04. The van der Waals surface area contributed by atoms with Gasteiger partial charge < -0.3 is 5.73 Å². The van der Waals surface area contributed by atoms with E-state index in [9.17, 15) is 0 Å². The number of hydrogen-bond donors (Lipinski definition) is 1. The lowest BCUT2D eigenvalue weighted by molar-refractivity contribution is 0.890. The van der Waals surface area contributed by atoms with Crippen LogP contribution in [0.25, 0.3) is 17.0 Å². The Kier molecular flexibility index (Phi) is 2.01. The van der Waals surface area contributed by atoms with E-state index in [2.05, 4.69) is 20.3 Å². The zero-order chi connectivity index (χ0) is 11.8. The summed E-state index contributed by atoms with van der Waals surface area (Å²) in [5, 5.41) is 12.4. The van der Waals surface area contributed by atoms with Crippen LogP contribution in [0.3, 0.4) is 0 Å². The zero-order valence-electron chi connectivity index (χ0n) is 9.20. The largest absolute Gasteiger partial charge is 0.382 e. The van der Waals surface area contributed by atoms with E-state index in [-0.39, 0.29) is 0 Å². The maximum Gasteiger partial charge on any atom is 0.179 e. The van der Waals surface area contributed by atoms with Crippen molar-refractivity contribution in [2.45, 2.75) is 6.92 Å². The lowest BCUT2D eigenvalue weighted by atomic mass is 10.3. The molecular weight excluding hydrogens is 216 g/mol. The van der Waals surface area contributed by atoms with Gasteiger partial charge in [0.15, 0.2) is 17.2 Å². The first-order valence-corrected chi connectivity index (χ1v) is 5.15. The molecule has 0 aromatic carbocycles. The normalized spacial score (nSPS) is 10.9. The van der Waals surface area contributed by atoms with Crippen LogP contribution in [0.15, 0.2) is 30.5 Å². The summed E-state index contributed by atoms with van der Waals surface area (Å²) in [5.74, 6) is 0.446. The van der Waals surface area contributed by atoms with E-state index in [0.717, 1.165) is 5.69 Å². The Hall–Kier alpha value is -2.50. The van der Waals surface area contributed by atoms with Crippen LogP contribution in [0.2, 0.25) is 0 Å². The Labute approximate surface area is 97.1 Å². The average Bonchev–Trinajstić information content (AvgIpc) is 2.72. The smallest absolute Gasteiger partial charge is 0.179 e. The molecule has 0 amide bonds. The Morgan fingerprint density at radius 3 is 2.88 bits per heavy atom. The van der Waals surface area contributed by atoms with Crippen molar-refractivity contribution in [2.75, 3.05) is 5.73 Å². The molecule has 0 saturated heterocycles. The fourth-order valence-electron chi connectivity index (χ4n) is 1.67. The summed E-state index contributed by atoms with van der Waals surface area (Å²) in [6.07, 6.45) is 1.69. The van der Waals surface area contributed by atoms with Gasteiger partial charge in [-0.25, -0.2) is 0 Å². The molecule has 0 aliphatic rings. The minimum absolute atomic E-state index is 0.446. The van der Waals surface area contributed by atoms with Gasteiger partial charge in [-0.3, -0.25) is 4.98 Å². The first kappa shape index (κ1) is 9.71. The van der Waals surface area contributed by atoms with Crippen LogP contribution in [0.1, 0.15) is 5.69 Å². The highest BCUT2D eigenvalue weighted by atomic mass is 15.3. The molecule has 0 radical (unpaired) electrons. The van der Waals surface area contributed by atoms with Crippen molar-refractivity contribution in [1.29, 1.82) is 0 Å². The quantitative estimate of drug-likeness (QED) is 0.671. The maximum absolute atomic E-state index is 6.02. The molecule has 3 heterocycles. The molecule has 0 aliphatic carbocycles. The predicted octanol–water partition coefficient (Wildman–Crippen LogP) is 1.08. The van der Waals surface area contributed by atoms with E-state index in [1.165, 1.54) is 0 Å². The van der Waals surface area contributed by atoms with Gasteiger partial charge in [0.1, 0.15) is 0 Å². The monoisotopic (exact) mass is 226 g/mol. The van der Waals surface area contributed by atoms with Crippen molar-refractivity contribution in [3.63, 3.8) is 0 Å². The second-order valence-electron chi connectivity index (χ2n) is 3.70. The first-order valence-electron chi connectivity index (χ1n) is 5.15. The molecule has 0 spiro atoms. The second kappa shape index (κ2) is 3.51. The lowest BCUT2D eigenvalue weighted by Crippen LogP contribution is -2.05. The Balaban J connectivity index is 2.28. The van der Waals surface area contributed by atoms with Crippen LogP contribution in [-0.2, 0) is 0 Å². The van der Waals surface area contributed by atoms with Gasteiger partial charge >= 0.3 is 0 Å². The van der Waals surface area contributed by atoms with Gasteiger partial charge in [0.05, 0.1) is 11.4 Å². The van der Waals surface area contributed by atoms with E-state index in [4.69, 9.17) is 5.73 Å². The number of rotatable bonds is 1. The summed E-state index contributed by atoms with van der Waals surface area (Å²) < 4.78 is 1.58. The van der Waals surface area contributed by atoms with Crippen molar-refractivity contribution in [3.8, 4) is 11.4 Å². The van der Waals surface area contributed by atoms with Gasteiger partial charge in [0.2, 0.25) is 0 Å². The maximum atomic E-state index is 6.02. The Bertz CT molecular complexity index is 673. The SMILES string of the molecule is Cc1cc2nnc(-c3ccccn3)c(N)n2n1. The number of hydrogen-bond acceptors (Lipinski definition) is 5. The Morgan fingerprint density at radius 2 is 2.12 bits per heavy atom. The summed E-state index contributed by atoms with van der Waals surface area (Å²) in [6, 6.07) is 7.37. The molecule has 0 bridgehead atoms. The molecule has 2 N–H and O–H groups in total. The first-order chi connectivity index (χ1) is 8.25. The summed E-state index contributed by atoms with van der Waals surface area (Å²) in [4.78, 5) is 4.20. The van der Waals surface area contributed by atoms with Crippen LogP contribution >= 0.6 is 0 Å². The number of aryl methyl sites for hydroxylation is 1. The van der Waals surface area contributed by atoms with Crippen molar-refractivity contribution >= 4 is 11.5 Å². The van der Waals surface area contributed by atoms with Gasteiger partial charge in [0.25, 0.3) is 0 Å². The third-order valence-electron chi connectivity index (χ3n) is 2.44. The number of nitrogens with two attached hydrogens (primary N) is 1. The third-order valence-corrected chi connectivity index (χ3v) is 2.44. The minimum Gasteiger partial charge on any atom is -0.382 e. The molecule has 84 valence electrons. The highest BCUT2D eigenvalue weighted by Gasteiger charge is 2.11. The molecule has 0 unspecified atom stereocenters. The van der Waals surface area contributed by atoms with Crippen molar-refractivity contribution in [2.24, 2.45) is 0 Å². The fourth-order valence-corrected chi connectivity index (χ4v) is 1.67.